The van der Waals surface area contributed by atoms with E-state index in [0.717, 1.165) is 72.1 Å². The van der Waals surface area contributed by atoms with Gasteiger partial charge in [0.15, 0.2) is 16.7 Å². The largest absolute Gasteiger partial charge is 0.454 e. The van der Waals surface area contributed by atoms with Crippen molar-refractivity contribution in [2.75, 3.05) is 36.0 Å². The number of hydrogen-bond acceptors (Lipinski definition) is 6. The number of rotatable bonds is 3. The van der Waals surface area contributed by atoms with Crippen molar-refractivity contribution in [3.63, 3.8) is 0 Å². The zero-order chi connectivity index (χ0) is 28.1. The molecule has 0 saturated carbocycles. The van der Waals surface area contributed by atoms with Crippen molar-refractivity contribution >= 4 is 50.0 Å². The smallest absolute Gasteiger partial charge is 0.160 e. The standard InChI is InChI=1S/C33H36N6O/c1-7-37(8-2)20-9-10-25-24(17-20)36-31-21-15-19-16-23-27-26(28(19)40-29(21)22(18-34)30(35)39(25)31)33(5,6)12-14-38(27)13-11-32(23,3)4/h9-10,15-17,35H,7-8,11-14H2,1-6H3. The maximum atomic E-state index is 10.3. The first-order chi connectivity index (χ1) is 19.1. The number of benzene rings is 2. The molecule has 1 N–H and O–H groups in total. The lowest BCUT2D eigenvalue weighted by Crippen LogP contribution is -2.44. The molecule has 0 radical (unpaired) electrons. The highest BCUT2D eigenvalue weighted by atomic mass is 16.3. The lowest BCUT2D eigenvalue weighted by Gasteiger charge is -2.48. The van der Waals surface area contributed by atoms with Crippen LogP contribution in [0.4, 0.5) is 11.4 Å². The third-order valence-electron chi connectivity index (χ3n) is 9.57. The maximum Gasteiger partial charge on any atom is 0.160 e. The molecule has 2 aliphatic heterocycles. The van der Waals surface area contributed by atoms with Gasteiger partial charge in [0.1, 0.15) is 17.2 Å². The average molecular weight is 533 g/mol. The van der Waals surface area contributed by atoms with Crippen molar-refractivity contribution in [2.45, 2.75) is 65.2 Å². The number of fused-ring (bicyclic) bond motifs is 7. The highest BCUT2D eigenvalue weighted by Crippen LogP contribution is 2.52. The van der Waals surface area contributed by atoms with E-state index in [0.29, 0.717) is 11.2 Å². The second kappa shape index (κ2) is 8.23. The Labute approximate surface area is 234 Å². The van der Waals surface area contributed by atoms with Crippen LogP contribution in [0.3, 0.4) is 0 Å². The van der Waals surface area contributed by atoms with E-state index in [2.05, 4.69) is 81.7 Å². The predicted molar refractivity (Wildman–Crippen MR) is 162 cm³/mol. The fourth-order valence-corrected chi connectivity index (χ4v) is 7.10. The van der Waals surface area contributed by atoms with Crippen molar-refractivity contribution in [3.8, 4) is 6.07 Å². The highest BCUT2D eigenvalue weighted by molar-refractivity contribution is 6.04. The Morgan fingerprint density at radius 1 is 1.02 bits per heavy atom. The first-order valence-electron chi connectivity index (χ1n) is 14.5. The number of hydrogen-bond donors (Lipinski definition) is 1. The van der Waals surface area contributed by atoms with E-state index in [-0.39, 0.29) is 21.9 Å². The van der Waals surface area contributed by atoms with Crippen LogP contribution in [-0.4, -0.2) is 35.6 Å². The Kier molecular flexibility index (Phi) is 5.14. The lowest BCUT2D eigenvalue weighted by atomic mass is 9.69. The predicted octanol–water partition coefficient (Wildman–Crippen LogP) is 6.75. The van der Waals surface area contributed by atoms with Gasteiger partial charge in [0.2, 0.25) is 0 Å². The van der Waals surface area contributed by atoms with Gasteiger partial charge in [-0.05, 0) is 73.4 Å². The molecule has 5 heterocycles. The summed E-state index contributed by atoms with van der Waals surface area (Å²) in [6.45, 7) is 17.5. The van der Waals surface area contributed by atoms with Gasteiger partial charge in [-0.1, -0.05) is 27.7 Å². The van der Waals surface area contributed by atoms with E-state index < -0.39 is 0 Å². The normalized spacial score (nSPS) is 17.5. The van der Waals surface area contributed by atoms with E-state index in [1.54, 1.807) is 0 Å². The molecule has 0 spiro atoms. The van der Waals surface area contributed by atoms with E-state index >= 15 is 0 Å². The summed E-state index contributed by atoms with van der Waals surface area (Å²) >= 11 is 0. The molecule has 0 atom stereocenters. The molecule has 0 amide bonds. The molecule has 0 bridgehead atoms. The third kappa shape index (κ3) is 3.22. The second-order valence-electron chi connectivity index (χ2n) is 12.8. The maximum absolute atomic E-state index is 10.3. The number of anilines is 2. The minimum Gasteiger partial charge on any atom is -0.454 e. The quantitative estimate of drug-likeness (QED) is 0.260. The monoisotopic (exact) mass is 532 g/mol. The number of nitrogens with zero attached hydrogens (tertiary/aromatic N) is 5. The van der Waals surface area contributed by atoms with E-state index in [1.165, 1.54) is 16.8 Å². The molecule has 7 rings (SSSR count). The molecule has 2 aliphatic rings. The number of aromatic nitrogens is 2. The first kappa shape index (κ1) is 25.0. The van der Waals surface area contributed by atoms with Gasteiger partial charge in [0, 0.05) is 48.5 Å². The fourth-order valence-electron chi connectivity index (χ4n) is 7.10. The summed E-state index contributed by atoms with van der Waals surface area (Å²) in [5.41, 5.74) is 8.92. The SMILES string of the molecule is CCN(CC)c1ccc2c(c1)nc1c3cc4cc5c6c(c4oc3c(C#N)c(=N)n21)C(C)(C)CCN6CCC5(C)C. The van der Waals surface area contributed by atoms with Crippen LogP contribution >= 0.6 is 0 Å². The van der Waals surface area contributed by atoms with Crippen molar-refractivity contribution in [3.05, 3.63) is 52.5 Å². The van der Waals surface area contributed by atoms with E-state index in [9.17, 15) is 5.26 Å². The molecule has 3 aromatic heterocycles. The molecular weight excluding hydrogens is 496 g/mol. The molecule has 204 valence electrons. The van der Waals surface area contributed by atoms with Gasteiger partial charge in [0.05, 0.1) is 16.4 Å². The van der Waals surface area contributed by atoms with Crippen LogP contribution in [0.1, 0.15) is 71.1 Å². The minimum absolute atomic E-state index is 0.0537. The summed E-state index contributed by atoms with van der Waals surface area (Å²) in [6, 6.07) is 13.0. The highest BCUT2D eigenvalue weighted by Gasteiger charge is 2.42. The molecule has 0 aliphatic carbocycles. The van der Waals surface area contributed by atoms with Crippen molar-refractivity contribution < 1.29 is 4.42 Å². The Balaban J connectivity index is 1.63. The Morgan fingerprint density at radius 2 is 1.75 bits per heavy atom. The fraction of sp³-hybridized carbons (Fsp3) is 0.424. The molecule has 0 unspecified atom stereocenters. The van der Waals surface area contributed by atoms with Crippen LogP contribution in [0.15, 0.2) is 34.7 Å². The molecule has 40 heavy (non-hydrogen) atoms. The summed E-state index contributed by atoms with van der Waals surface area (Å²) < 4.78 is 8.60. The van der Waals surface area contributed by atoms with Gasteiger partial charge in [-0.3, -0.25) is 9.81 Å². The Bertz CT molecular complexity index is 1980. The summed E-state index contributed by atoms with van der Waals surface area (Å²) in [5.74, 6) is 0. The van der Waals surface area contributed by atoms with Crippen LogP contribution < -0.4 is 15.3 Å². The zero-order valence-electron chi connectivity index (χ0n) is 24.3. The summed E-state index contributed by atoms with van der Waals surface area (Å²) in [6.07, 6.45) is 2.16. The molecule has 2 aromatic carbocycles. The van der Waals surface area contributed by atoms with Gasteiger partial charge in [-0.2, -0.15) is 5.26 Å². The number of pyridine rings is 1. The molecule has 7 nitrogen and oxygen atoms in total. The summed E-state index contributed by atoms with van der Waals surface area (Å²) in [7, 11) is 0. The molecule has 7 heteroatoms. The number of nitriles is 1. The van der Waals surface area contributed by atoms with Gasteiger partial charge < -0.3 is 14.2 Å². The lowest BCUT2D eigenvalue weighted by molar-refractivity contribution is 0.401. The number of nitrogens with one attached hydrogen (secondary N) is 1. The average Bonchev–Trinajstić information content (AvgIpc) is 3.31. The van der Waals surface area contributed by atoms with Crippen LogP contribution in [0.5, 0.6) is 0 Å². The van der Waals surface area contributed by atoms with Crippen molar-refractivity contribution in [2.24, 2.45) is 0 Å². The van der Waals surface area contributed by atoms with Gasteiger partial charge in [-0.15, -0.1) is 0 Å². The molecule has 5 aromatic rings. The van der Waals surface area contributed by atoms with Crippen LogP contribution in [0, 0.1) is 16.7 Å². The topological polar surface area (TPSA) is 84.6 Å². The molecule has 0 saturated heterocycles. The van der Waals surface area contributed by atoms with Crippen molar-refractivity contribution in [1.29, 1.82) is 10.7 Å². The van der Waals surface area contributed by atoms with E-state index in [4.69, 9.17) is 14.8 Å². The Morgan fingerprint density at radius 3 is 2.45 bits per heavy atom. The summed E-state index contributed by atoms with van der Waals surface area (Å²) in [5, 5.41) is 21.2. The van der Waals surface area contributed by atoms with Crippen molar-refractivity contribution in [1.82, 2.24) is 9.38 Å². The first-order valence-corrected chi connectivity index (χ1v) is 14.5. The van der Waals surface area contributed by atoms with Crippen LogP contribution in [-0.2, 0) is 10.8 Å². The minimum atomic E-state index is -0.0752. The third-order valence-corrected chi connectivity index (χ3v) is 9.57. The van der Waals surface area contributed by atoms with Gasteiger partial charge >= 0.3 is 0 Å². The summed E-state index contributed by atoms with van der Waals surface area (Å²) in [4.78, 5) is 9.86. The Hall–Kier alpha value is -4.05. The zero-order valence-corrected chi connectivity index (χ0v) is 24.3. The molecule has 0 fully saturated rings. The van der Waals surface area contributed by atoms with Gasteiger partial charge in [0.25, 0.3) is 0 Å². The second-order valence-corrected chi connectivity index (χ2v) is 12.8. The van der Waals surface area contributed by atoms with E-state index in [1.807, 2.05) is 10.5 Å². The molecular formula is C33H36N6O. The number of imidazole rings is 1. The van der Waals surface area contributed by atoms with Crippen LogP contribution in [0.2, 0.25) is 0 Å². The van der Waals surface area contributed by atoms with Gasteiger partial charge in [-0.25, -0.2) is 4.98 Å². The van der Waals surface area contributed by atoms with Crippen LogP contribution in [0.25, 0.3) is 38.6 Å².